The van der Waals surface area contributed by atoms with Gasteiger partial charge in [0.1, 0.15) is 0 Å². The Balaban J connectivity index is 1.91. The van der Waals surface area contributed by atoms with Gasteiger partial charge in [-0.15, -0.1) is 0 Å². The van der Waals surface area contributed by atoms with Gasteiger partial charge in [-0.25, -0.2) is 0 Å². The number of rotatable bonds is 2. The summed E-state index contributed by atoms with van der Waals surface area (Å²) < 4.78 is 0. The highest BCUT2D eigenvalue weighted by atomic mass is 16.2. The van der Waals surface area contributed by atoms with Crippen LogP contribution in [0.15, 0.2) is 48.5 Å². The van der Waals surface area contributed by atoms with Gasteiger partial charge in [-0.3, -0.25) is 4.79 Å². The summed E-state index contributed by atoms with van der Waals surface area (Å²) in [5.74, 6) is 0.0733. The minimum atomic E-state index is 0.0144. The molecule has 1 heterocycles. The third kappa shape index (κ3) is 2.02. The Hall–Kier alpha value is -2.13. The number of nitrogens with zero attached hydrogens (tertiary/aromatic N) is 1. The van der Waals surface area contributed by atoms with E-state index in [0.29, 0.717) is 6.54 Å². The van der Waals surface area contributed by atoms with E-state index in [0.717, 1.165) is 22.4 Å². The highest BCUT2D eigenvalue weighted by molar-refractivity contribution is 6.09. The highest BCUT2D eigenvalue weighted by Gasteiger charge is 2.27. The summed E-state index contributed by atoms with van der Waals surface area (Å²) in [6.07, 6.45) is 0. The fourth-order valence-corrected chi connectivity index (χ4v) is 2.42. The van der Waals surface area contributed by atoms with Crippen molar-refractivity contribution in [3.8, 4) is 0 Å². The topological polar surface area (TPSA) is 46.3 Å². The molecule has 0 unspecified atom stereocenters. The Bertz CT molecular complexity index is 617. The van der Waals surface area contributed by atoms with Crippen molar-refractivity contribution in [2.45, 2.75) is 19.5 Å². The third-order valence-corrected chi connectivity index (χ3v) is 3.55. The minimum absolute atomic E-state index is 0.0144. The summed E-state index contributed by atoms with van der Waals surface area (Å²) in [4.78, 5) is 14.1. The van der Waals surface area contributed by atoms with Crippen LogP contribution in [0.2, 0.25) is 0 Å². The zero-order chi connectivity index (χ0) is 13.4. The largest absolute Gasteiger partial charge is 0.324 e. The number of carbonyl (C=O) groups is 1. The molecule has 1 aliphatic rings. The lowest BCUT2D eigenvalue weighted by atomic mass is 10.1. The molecule has 2 aromatic carbocycles. The summed E-state index contributed by atoms with van der Waals surface area (Å²) in [6, 6.07) is 15.7. The number of anilines is 1. The van der Waals surface area contributed by atoms with E-state index in [1.165, 1.54) is 0 Å². The van der Waals surface area contributed by atoms with E-state index in [-0.39, 0.29) is 11.9 Å². The molecule has 96 valence electrons. The van der Waals surface area contributed by atoms with Crippen molar-refractivity contribution >= 4 is 11.6 Å². The lowest BCUT2D eigenvalue weighted by molar-refractivity contribution is 0.0996. The molecule has 0 spiro atoms. The first kappa shape index (κ1) is 11.9. The molecule has 1 amide bonds. The molecule has 2 aromatic rings. The molecule has 1 atom stereocenters. The van der Waals surface area contributed by atoms with Crippen LogP contribution in [0.4, 0.5) is 5.69 Å². The first-order chi connectivity index (χ1) is 9.16. The molecule has 0 radical (unpaired) electrons. The van der Waals surface area contributed by atoms with E-state index in [1.807, 2.05) is 55.5 Å². The van der Waals surface area contributed by atoms with E-state index in [1.54, 1.807) is 4.90 Å². The Morgan fingerprint density at radius 2 is 1.79 bits per heavy atom. The van der Waals surface area contributed by atoms with Crippen molar-refractivity contribution in [3.05, 3.63) is 65.2 Å². The van der Waals surface area contributed by atoms with Crippen molar-refractivity contribution < 1.29 is 4.79 Å². The second kappa shape index (κ2) is 4.52. The fraction of sp³-hybridized carbons (Fsp3) is 0.188. The molecular weight excluding hydrogens is 236 g/mol. The monoisotopic (exact) mass is 252 g/mol. The molecule has 0 fully saturated rings. The average molecular weight is 252 g/mol. The highest BCUT2D eigenvalue weighted by Crippen LogP contribution is 2.28. The molecule has 19 heavy (non-hydrogen) atoms. The summed E-state index contributed by atoms with van der Waals surface area (Å²) >= 11 is 0. The van der Waals surface area contributed by atoms with Crippen molar-refractivity contribution in [3.63, 3.8) is 0 Å². The Kier molecular flexibility index (Phi) is 2.84. The maximum Gasteiger partial charge on any atom is 0.258 e. The van der Waals surface area contributed by atoms with Crippen LogP contribution in [0, 0.1) is 0 Å². The van der Waals surface area contributed by atoms with Crippen molar-refractivity contribution in [1.82, 2.24) is 0 Å². The Morgan fingerprint density at radius 1 is 1.11 bits per heavy atom. The van der Waals surface area contributed by atoms with Gasteiger partial charge in [-0.1, -0.05) is 30.3 Å². The zero-order valence-corrected chi connectivity index (χ0v) is 10.8. The molecule has 1 aliphatic heterocycles. The van der Waals surface area contributed by atoms with Gasteiger partial charge in [0.2, 0.25) is 0 Å². The van der Waals surface area contributed by atoms with Gasteiger partial charge in [0.05, 0.1) is 6.54 Å². The SMILES string of the molecule is C[C@H](N)c1ccc(N2Cc3ccccc3C2=O)cc1. The van der Waals surface area contributed by atoms with Crippen LogP contribution in [-0.2, 0) is 6.54 Å². The van der Waals surface area contributed by atoms with E-state index < -0.39 is 0 Å². The summed E-state index contributed by atoms with van der Waals surface area (Å²) in [6.45, 7) is 2.60. The Labute approximate surface area is 112 Å². The molecular formula is C16H16N2O. The van der Waals surface area contributed by atoms with Gasteiger partial charge >= 0.3 is 0 Å². The fourth-order valence-electron chi connectivity index (χ4n) is 2.42. The van der Waals surface area contributed by atoms with Crippen LogP contribution in [0.25, 0.3) is 0 Å². The van der Waals surface area contributed by atoms with E-state index in [2.05, 4.69) is 0 Å². The number of nitrogens with two attached hydrogens (primary N) is 1. The van der Waals surface area contributed by atoms with E-state index in [9.17, 15) is 4.79 Å². The van der Waals surface area contributed by atoms with Crippen LogP contribution in [0.1, 0.15) is 34.5 Å². The number of benzene rings is 2. The molecule has 3 heteroatoms. The van der Waals surface area contributed by atoms with E-state index in [4.69, 9.17) is 5.73 Å². The number of carbonyl (C=O) groups excluding carboxylic acids is 1. The lowest BCUT2D eigenvalue weighted by Gasteiger charge is -2.16. The van der Waals surface area contributed by atoms with Crippen LogP contribution in [0.3, 0.4) is 0 Å². The first-order valence-electron chi connectivity index (χ1n) is 6.42. The van der Waals surface area contributed by atoms with Crippen molar-refractivity contribution in [1.29, 1.82) is 0 Å². The lowest BCUT2D eigenvalue weighted by Crippen LogP contribution is -2.23. The second-order valence-electron chi connectivity index (χ2n) is 4.93. The maximum atomic E-state index is 12.3. The molecule has 0 saturated heterocycles. The quantitative estimate of drug-likeness (QED) is 0.893. The Morgan fingerprint density at radius 3 is 2.42 bits per heavy atom. The number of amides is 1. The molecule has 3 nitrogen and oxygen atoms in total. The predicted octanol–water partition coefficient (Wildman–Crippen LogP) is 2.87. The normalized spacial score (nSPS) is 15.5. The van der Waals surface area contributed by atoms with Gasteiger partial charge in [0.25, 0.3) is 5.91 Å². The van der Waals surface area contributed by atoms with Gasteiger partial charge in [-0.2, -0.15) is 0 Å². The second-order valence-corrected chi connectivity index (χ2v) is 4.93. The molecule has 2 N–H and O–H groups in total. The standard InChI is InChI=1S/C16H16N2O/c1-11(17)12-6-8-14(9-7-12)18-10-13-4-2-3-5-15(13)16(18)19/h2-9,11H,10,17H2,1H3/t11-/m0/s1. The summed E-state index contributed by atoms with van der Waals surface area (Å²) in [5, 5.41) is 0. The van der Waals surface area contributed by atoms with Gasteiger partial charge in [0.15, 0.2) is 0 Å². The number of fused-ring (bicyclic) bond motifs is 1. The third-order valence-electron chi connectivity index (χ3n) is 3.55. The minimum Gasteiger partial charge on any atom is -0.324 e. The van der Waals surface area contributed by atoms with Gasteiger partial charge in [0, 0.05) is 17.3 Å². The zero-order valence-electron chi connectivity index (χ0n) is 10.8. The summed E-state index contributed by atoms with van der Waals surface area (Å²) in [7, 11) is 0. The van der Waals surface area contributed by atoms with Crippen LogP contribution < -0.4 is 10.6 Å². The van der Waals surface area contributed by atoms with Crippen molar-refractivity contribution in [2.75, 3.05) is 4.90 Å². The number of hydrogen-bond acceptors (Lipinski definition) is 2. The number of hydrogen-bond donors (Lipinski definition) is 1. The van der Waals surface area contributed by atoms with E-state index >= 15 is 0 Å². The molecule has 0 bridgehead atoms. The molecule has 0 aliphatic carbocycles. The van der Waals surface area contributed by atoms with Gasteiger partial charge < -0.3 is 10.6 Å². The smallest absolute Gasteiger partial charge is 0.258 e. The first-order valence-corrected chi connectivity index (χ1v) is 6.42. The van der Waals surface area contributed by atoms with Crippen molar-refractivity contribution in [2.24, 2.45) is 5.73 Å². The molecule has 3 rings (SSSR count). The summed E-state index contributed by atoms with van der Waals surface area (Å²) in [5.41, 5.74) is 9.72. The van der Waals surface area contributed by atoms with Crippen LogP contribution in [0.5, 0.6) is 0 Å². The van der Waals surface area contributed by atoms with Gasteiger partial charge in [-0.05, 0) is 36.2 Å². The van der Waals surface area contributed by atoms with Crippen LogP contribution in [-0.4, -0.2) is 5.91 Å². The average Bonchev–Trinajstić information content (AvgIpc) is 2.77. The predicted molar refractivity (Wildman–Crippen MR) is 76.0 cm³/mol. The molecule has 0 saturated carbocycles. The van der Waals surface area contributed by atoms with Crippen LogP contribution >= 0.6 is 0 Å². The maximum absolute atomic E-state index is 12.3. The molecule has 0 aromatic heterocycles.